The molecule has 1 aliphatic heterocycles. The lowest BCUT2D eigenvalue weighted by molar-refractivity contribution is 0.0219. The van der Waals surface area contributed by atoms with Crippen molar-refractivity contribution in [3.05, 3.63) is 30.0 Å². The predicted octanol–water partition coefficient (Wildman–Crippen LogP) is 5.17. The van der Waals surface area contributed by atoms with Crippen LogP contribution in [0.5, 0.6) is 5.75 Å². The lowest BCUT2D eigenvalue weighted by Gasteiger charge is -2.42. The first-order valence-electron chi connectivity index (χ1n) is 13.6. The molecule has 1 atom stereocenters. The molecule has 4 rings (SSSR count). The summed E-state index contributed by atoms with van der Waals surface area (Å²) in [5.74, 6) is 1.68. The number of fused-ring (bicyclic) bond motifs is 1. The van der Waals surface area contributed by atoms with Crippen molar-refractivity contribution in [1.82, 2.24) is 9.88 Å². The number of aliphatic hydroxyl groups is 2. The predicted molar refractivity (Wildman–Crippen MR) is 143 cm³/mol. The number of ether oxygens (including phenoxy) is 1. The zero-order valence-corrected chi connectivity index (χ0v) is 22.0. The van der Waals surface area contributed by atoms with Crippen molar-refractivity contribution in [3.8, 4) is 5.75 Å². The molecule has 2 aliphatic rings. The Labute approximate surface area is 211 Å². The largest absolute Gasteiger partial charge is 0.497 e. The number of likely N-dealkylation sites (tertiary alicyclic amines) is 1. The number of methoxy groups -OCH3 is 1. The lowest BCUT2D eigenvalue weighted by Crippen LogP contribution is -2.42. The molecular formula is C29H45N3O3. The summed E-state index contributed by atoms with van der Waals surface area (Å²) in [5, 5.41) is 22.8. The molecule has 2 heterocycles. The fourth-order valence-corrected chi connectivity index (χ4v) is 6.18. The Bertz CT molecular complexity index is 950. The lowest BCUT2D eigenvalue weighted by atomic mass is 9.74. The minimum Gasteiger partial charge on any atom is -0.497 e. The van der Waals surface area contributed by atoms with Crippen LogP contribution >= 0.6 is 0 Å². The highest BCUT2D eigenvalue weighted by molar-refractivity contribution is 5.88. The van der Waals surface area contributed by atoms with Gasteiger partial charge < -0.3 is 24.7 Å². The molecule has 2 aromatic rings. The van der Waals surface area contributed by atoms with Gasteiger partial charge in [0.25, 0.3) is 0 Å². The van der Waals surface area contributed by atoms with E-state index < -0.39 is 6.10 Å². The normalized spacial score (nSPS) is 20.1. The van der Waals surface area contributed by atoms with E-state index in [1.807, 2.05) is 43.4 Å². The number of aliphatic hydroxyl groups excluding tert-OH is 2. The van der Waals surface area contributed by atoms with E-state index in [1.54, 1.807) is 7.11 Å². The minimum atomic E-state index is -0.627. The molecule has 0 amide bonds. The number of rotatable bonds is 10. The summed E-state index contributed by atoms with van der Waals surface area (Å²) in [6, 6.07) is 5.83. The first kappa shape index (κ1) is 26.2. The molecule has 0 unspecified atom stereocenters. The van der Waals surface area contributed by atoms with Crippen LogP contribution in [0.3, 0.4) is 0 Å². The zero-order chi connectivity index (χ0) is 24.8. The van der Waals surface area contributed by atoms with Gasteiger partial charge in [0.05, 0.1) is 30.6 Å². The van der Waals surface area contributed by atoms with E-state index in [2.05, 4.69) is 9.88 Å². The number of hydrogen-bond acceptors (Lipinski definition) is 6. The van der Waals surface area contributed by atoms with Crippen LogP contribution in [-0.2, 0) is 0 Å². The number of hydrogen-bond donors (Lipinski definition) is 2. The van der Waals surface area contributed by atoms with Crippen molar-refractivity contribution in [2.45, 2.75) is 70.3 Å². The molecule has 35 heavy (non-hydrogen) atoms. The maximum absolute atomic E-state index is 11.4. The van der Waals surface area contributed by atoms with Crippen LogP contribution in [0.4, 0.5) is 5.69 Å². The molecule has 0 bridgehead atoms. The van der Waals surface area contributed by atoms with Crippen LogP contribution in [0.15, 0.2) is 24.4 Å². The van der Waals surface area contributed by atoms with Crippen molar-refractivity contribution in [1.29, 1.82) is 0 Å². The third-order valence-electron chi connectivity index (χ3n) is 8.69. The van der Waals surface area contributed by atoms with Gasteiger partial charge in [-0.25, -0.2) is 0 Å². The average molecular weight is 484 g/mol. The fourth-order valence-electron chi connectivity index (χ4n) is 6.18. The van der Waals surface area contributed by atoms with Crippen molar-refractivity contribution in [3.63, 3.8) is 0 Å². The molecule has 1 aliphatic carbocycles. The Balaban J connectivity index is 1.40. The van der Waals surface area contributed by atoms with Gasteiger partial charge in [0.2, 0.25) is 0 Å². The highest BCUT2D eigenvalue weighted by atomic mass is 16.5. The minimum absolute atomic E-state index is 0.0961. The number of anilines is 1. The number of pyridine rings is 1. The van der Waals surface area contributed by atoms with Crippen molar-refractivity contribution >= 4 is 16.6 Å². The monoisotopic (exact) mass is 483 g/mol. The van der Waals surface area contributed by atoms with Crippen molar-refractivity contribution < 1.29 is 14.9 Å². The summed E-state index contributed by atoms with van der Waals surface area (Å²) in [6.45, 7) is 3.51. The summed E-state index contributed by atoms with van der Waals surface area (Å²) in [6.07, 6.45) is 13.1. The quantitative estimate of drug-likeness (QED) is 0.486. The third-order valence-corrected chi connectivity index (χ3v) is 8.69. The Kier molecular flexibility index (Phi) is 8.90. The first-order valence-corrected chi connectivity index (χ1v) is 13.6. The molecule has 1 saturated heterocycles. The first-order chi connectivity index (χ1) is 16.9. The topological polar surface area (TPSA) is 69.1 Å². The van der Waals surface area contributed by atoms with Crippen molar-refractivity contribution in [2.24, 2.45) is 11.3 Å². The van der Waals surface area contributed by atoms with Crippen LogP contribution in [0.25, 0.3) is 10.9 Å². The molecule has 194 valence electrons. The van der Waals surface area contributed by atoms with Gasteiger partial charge >= 0.3 is 0 Å². The Morgan fingerprint density at radius 2 is 1.91 bits per heavy atom. The second-order valence-corrected chi connectivity index (χ2v) is 11.2. The van der Waals surface area contributed by atoms with Crippen LogP contribution < -0.4 is 9.64 Å². The van der Waals surface area contributed by atoms with Gasteiger partial charge in [-0.2, -0.15) is 0 Å². The molecule has 1 saturated carbocycles. The third kappa shape index (κ3) is 6.28. The number of aromatic nitrogens is 1. The molecule has 1 aromatic carbocycles. The maximum atomic E-state index is 11.4. The van der Waals surface area contributed by atoms with Crippen LogP contribution in [0.1, 0.15) is 75.9 Å². The summed E-state index contributed by atoms with van der Waals surface area (Å²) in [5.41, 5.74) is 2.58. The van der Waals surface area contributed by atoms with E-state index in [0.717, 1.165) is 66.2 Å². The van der Waals surface area contributed by atoms with E-state index >= 15 is 0 Å². The molecule has 1 aromatic heterocycles. The average Bonchev–Trinajstić information content (AvgIpc) is 2.90. The highest BCUT2D eigenvalue weighted by Gasteiger charge is 2.35. The standard InChI is InChI=1S/C29H45N3O3/c1-31(2)26-20-30-25-10-9-23(35-3)19-24(25)28(26)27(34)11-13-29(21-33)14-17-32(18-15-29)16-12-22-7-5-4-6-8-22/h9-10,19-20,22,27,33-34H,4-8,11-18,21H2,1-3H3/t27-/m1/s1. The molecular weight excluding hydrogens is 438 g/mol. The maximum Gasteiger partial charge on any atom is 0.119 e. The summed E-state index contributed by atoms with van der Waals surface area (Å²) in [4.78, 5) is 9.22. The van der Waals surface area contributed by atoms with Crippen LogP contribution in [-0.4, -0.2) is 67.5 Å². The highest BCUT2D eigenvalue weighted by Crippen LogP contribution is 2.41. The van der Waals surface area contributed by atoms with Gasteiger partial charge in [-0.1, -0.05) is 32.1 Å². The zero-order valence-electron chi connectivity index (χ0n) is 22.0. The SMILES string of the molecule is COc1ccc2ncc(N(C)C)c([C@H](O)CCC3(CO)CCN(CCC4CCCCC4)CC3)c2c1. The number of benzene rings is 1. The molecule has 2 N–H and O–H groups in total. The van der Waals surface area contributed by atoms with Gasteiger partial charge in [-0.3, -0.25) is 4.98 Å². The molecule has 0 radical (unpaired) electrons. The Morgan fingerprint density at radius 1 is 1.17 bits per heavy atom. The molecule has 0 spiro atoms. The Hall–Kier alpha value is -1.89. The molecule has 2 fully saturated rings. The molecule has 6 heteroatoms. The fraction of sp³-hybridized carbons (Fsp3) is 0.690. The van der Waals surface area contributed by atoms with Gasteiger partial charge in [-0.05, 0) is 81.3 Å². The van der Waals surface area contributed by atoms with Gasteiger partial charge in [-0.15, -0.1) is 0 Å². The van der Waals surface area contributed by atoms with E-state index in [9.17, 15) is 10.2 Å². The van der Waals surface area contributed by atoms with E-state index in [1.165, 1.54) is 45.1 Å². The second-order valence-electron chi connectivity index (χ2n) is 11.2. The Morgan fingerprint density at radius 3 is 2.57 bits per heavy atom. The van der Waals surface area contributed by atoms with Gasteiger partial charge in [0.15, 0.2) is 0 Å². The van der Waals surface area contributed by atoms with Crippen molar-refractivity contribution in [2.75, 3.05) is 52.3 Å². The van der Waals surface area contributed by atoms with Gasteiger partial charge in [0, 0.05) is 31.7 Å². The van der Waals surface area contributed by atoms with Crippen LogP contribution in [0, 0.1) is 11.3 Å². The van der Waals surface area contributed by atoms with Crippen LogP contribution in [0.2, 0.25) is 0 Å². The number of nitrogens with zero attached hydrogens (tertiary/aromatic N) is 3. The smallest absolute Gasteiger partial charge is 0.119 e. The van der Waals surface area contributed by atoms with E-state index in [-0.39, 0.29) is 12.0 Å². The van der Waals surface area contributed by atoms with Gasteiger partial charge in [0.1, 0.15) is 5.75 Å². The number of piperidine rings is 1. The summed E-state index contributed by atoms with van der Waals surface area (Å²) in [7, 11) is 5.63. The van der Waals surface area contributed by atoms with E-state index in [0.29, 0.717) is 6.42 Å². The summed E-state index contributed by atoms with van der Waals surface area (Å²) >= 11 is 0. The molecule has 6 nitrogen and oxygen atoms in total. The van der Waals surface area contributed by atoms with E-state index in [4.69, 9.17) is 4.74 Å². The summed E-state index contributed by atoms with van der Waals surface area (Å²) < 4.78 is 5.45. The second kappa shape index (κ2) is 11.9.